The Kier molecular flexibility index (Phi) is 6.92. The van der Waals surface area contributed by atoms with Crippen molar-refractivity contribution < 1.29 is 4.52 Å². The molecule has 180 valence electrons. The highest BCUT2D eigenvalue weighted by molar-refractivity contribution is 7.99. The van der Waals surface area contributed by atoms with Gasteiger partial charge in [0, 0.05) is 40.4 Å². The molecule has 10 heteroatoms. The number of nitrogens with one attached hydrogen (secondary N) is 4. The van der Waals surface area contributed by atoms with E-state index in [9.17, 15) is 0 Å². The van der Waals surface area contributed by atoms with E-state index in [1.807, 2.05) is 60.9 Å². The first-order chi connectivity index (χ1) is 16.7. The molecule has 0 unspecified atom stereocenters. The second-order valence-electron chi connectivity index (χ2n) is 8.89. The molecule has 0 aliphatic rings. The molecule has 4 rings (SSSR count). The molecule has 4 aromatic rings. The van der Waals surface area contributed by atoms with Crippen molar-refractivity contribution in [1.29, 1.82) is 5.41 Å². The highest BCUT2D eigenvalue weighted by Crippen LogP contribution is 2.28. The molecule has 0 aliphatic carbocycles. The Bertz CT molecular complexity index is 1310. The van der Waals surface area contributed by atoms with E-state index in [2.05, 4.69) is 51.3 Å². The van der Waals surface area contributed by atoms with Crippen LogP contribution < -0.4 is 21.1 Å². The van der Waals surface area contributed by atoms with E-state index in [4.69, 9.17) is 15.7 Å². The molecule has 2 heterocycles. The van der Waals surface area contributed by atoms with Crippen molar-refractivity contribution in [2.24, 2.45) is 0 Å². The fourth-order valence-electron chi connectivity index (χ4n) is 3.32. The minimum absolute atomic E-state index is 0.112. The van der Waals surface area contributed by atoms with E-state index >= 15 is 0 Å². The Hall–Kier alpha value is -4.05. The van der Waals surface area contributed by atoms with E-state index in [0.29, 0.717) is 22.8 Å². The van der Waals surface area contributed by atoms with Crippen molar-refractivity contribution >= 4 is 52.2 Å². The van der Waals surface area contributed by atoms with E-state index in [1.54, 1.807) is 0 Å². The quantitative estimate of drug-likeness (QED) is 0.151. The number of aromatic nitrogens is 3. The zero-order valence-corrected chi connectivity index (χ0v) is 20.8. The van der Waals surface area contributed by atoms with Gasteiger partial charge in [-0.15, -0.1) is 0 Å². The molecule has 0 amide bonds. The van der Waals surface area contributed by atoms with Gasteiger partial charge in [-0.3, -0.25) is 5.41 Å². The number of hydrogen-bond acceptors (Lipinski definition) is 10. The summed E-state index contributed by atoms with van der Waals surface area (Å²) >= 11 is 1.51. The fraction of sp³-hybridized carbons (Fsp3) is 0.200. The molecule has 9 nitrogen and oxygen atoms in total. The van der Waals surface area contributed by atoms with E-state index < -0.39 is 0 Å². The third-order valence-corrected chi connectivity index (χ3v) is 5.63. The summed E-state index contributed by atoms with van der Waals surface area (Å²) in [5.74, 6) is 2.15. The van der Waals surface area contributed by atoms with Gasteiger partial charge in [-0.25, -0.2) is 9.97 Å². The number of nitrogens with zero attached hydrogens (tertiary/aromatic N) is 3. The molecule has 2 aromatic carbocycles. The summed E-state index contributed by atoms with van der Waals surface area (Å²) in [7, 11) is 0. The maximum absolute atomic E-state index is 8.74. The first kappa shape index (κ1) is 24.1. The summed E-state index contributed by atoms with van der Waals surface area (Å²) < 4.78 is 8.60. The molecule has 0 atom stereocenters. The van der Waals surface area contributed by atoms with Gasteiger partial charge in [-0.2, -0.15) is 0 Å². The van der Waals surface area contributed by atoms with E-state index in [0.717, 1.165) is 22.8 Å². The molecule has 0 saturated carbocycles. The van der Waals surface area contributed by atoms with Crippen LogP contribution in [0.15, 0.2) is 65.4 Å². The van der Waals surface area contributed by atoms with Crippen LogP contribution in [0.25, 0.3) is 0 Å². The summed E-state index contributed by atoms with van der Waals surface area (Å²) in [4.78, 5) is 8.45. The first-order valence-electron chi connectivity index (χ1n) is 10.9. The van der Waals surface area contributed by atoms with Crippen LogP contribution in [0.3, 0.4) is 0 Å². The minimum atomic E-state index is -0.112. The lowest BCUT2D eigenvalue weighted by Crippen LogP contribution is -2.12. The standard InChI is InChI=1S/C25H28N8OS/c1-25(2,3)19-13-20(32-34-19)30-16-9-11-17(12-10-16)31-24-21(23(27)28-14-29-24)22(26)15-5-7-18(8-6-15)33-35-4/h5-14,26,33H,1-4H3,(H,30,32)(H3,27,28,29,31). The molecule has 0 fully saturated rings. The summed E-state index contributed by atoms with van der Waals surface area (Å²) in [5, 5.41) is 19.3. The van der Waals surface area contributed by atoms with Crippen LogP contribution in [0, 0.1) is 5.41 Å². The van der Waals surface area contributed by atoms with Gasteiger partial charge >= 0.3 is 0 Å². The average Bonchev–Trinajstić information content (AvgIpc) is 3.30. The topological polar surface area (TPSA) is 138 Å². The van der Waals surface area contributed by atoms with Gasteiger partial charge in [0.15, 0.2) is 5.82 Å². The summed E-state index contributed by atoms with van der Waals surface area (Å²) in [6.07, 6.45) is 3.34. The van der Waals surface area contributed by atoms with Gasteiger partial charge in [0.25, 0.3) is 0 Å². The molecular weight excluding hydrogens is 460 g/mol. The zero-order chi connectivity index (χ0) is 25.0. The first-order valence-corrected chi connectivity index (χ1v) is 12.2. The smallest absolute Gasteiger partial charge is 0.174 e. The lowest BCUT2D eigenvalue weighted by molar-refractivity contribution is 0.331. The van der Waals surface area contributed by atoms with Gasteiger partial charge in [-0.1, -0.05) is 50.0 Å². The lowest BCUT2D eigenvalue weighted by atomic mass is 9.93. The summed E-state index contributed by atoms with van der Waals surface area (Å²) in [5.41, 5.74) is 10.0. The summed E-state index contributed by atoms with van der Waals surface area (Å²) in [6.45, 7) is 6.22. The van der Waals surface area contributed by atoms with Crippen LogP contribution in [0.2, 0.25) is 0 Å². The van der Waals surface area contributed by atoms with Gasteiger partial charge in [-0.05, 0) is 36.4 Å². The van der Waals surface area contributed by atoms with Crippen LogP contribution in [0.1, 0.15) is 37.7 Å². The van der Waals surface area contributed by atoms with Crippen molar-refractivity contribution in [2.75, 3.05) is 27.3 Å². The third-order valence-electron chi connectivity index (χ3n) is 5.19. The second kappa shape index (κ2) is 10.1. The minimum Gasteiger partial charge on any atom is -0.383 e. The van der Waals surface area contributed by atoms with Crippen LogP contribution in [-0.4, -0.2) is 27.1 Å². The number of rotatable bonds is 8. The van der Waals surface area contributed by atoms with Gasteiger partial charge in [0.05, 0.1) is 11.3 Å². The molecule has 0 radical (unpaired) electrons. The van der Waals surface area contributed by atoms with Gasteiger partial charge in [0.1, 0.15) is 23.7 Å². The predicted molar refractivity (Wildman–Crippen MR) is 144 cm³/mol. The maximum atomic E-state index is 8.74. The van der Waals surface area contributed by atoms with Crippen molar-refractivity contribution in [3.05, 3.63) is 77.8 Å². The normalized spacial score (nSPS) is 11.2. The molecule has 2 aromatic heterocycles. The average molecular weight is 489 g/mol. The van der Waals surface area contributed by atoms with Gasteiger partial charge in [0.2, 0.25) is 0 Å². The molecular formula is C25H28N8OS. The lowest BCUT2D eigenvalue weighted by Gasteiger charge is -2.14. The zero-order valence-electron chi connectivity index (χ0n) is 20.0. The van der Waals surface area contributed by atoms with Crippen molar-refractivity contribution in [3.8, 4) is 0 Å². The SMILES string of the molecule is CSNc1ccc(C(=N)c2c(N)ncnc2Nc2ccc(Nc3cc(C(C)(C)C)on3)cc2)cc1. The number of hydrogen-bond donors (Lipinski definition) is 5. The van der Waals surface area contributed by atoms with Crippen molar-refractivity contribution in [2.45, 2.75) is 26.2 Å². The Morgan fingerprint density at radius 3 is 2.17 bits per heavy atom. The van der Waals surface area contributed by atoms with E-state index in [-0.39, 0.29) is 16.9 Å². The fourth-order valence-corrected chi connectivity index (χ4v) is 3.69. The number of benzene rings is 2. The number of anilines is 6. The molecule has 35 heavy (non-hydrogen) atoms. The molecule has 0 saturated heterocycles. The van der Waals surface area contributed by atoms with E-state index in [1.165, 1.54) is 18.3 Å². The summed E-state index contributed by atoms with van der Waals surface area (Å²) in [6, 6.07) is 17.1. The van der Waals surface area contributed by atoms with Crippen molar-refractivity contribution in [3.63, 3.8) is 0 Å². The Morgan fingerprint density at radius 1 is 0.943 bits per heavy atom. The number of nitrogens with two attached hydrogens (primary N) is 1. The monoisotopic (exact) mass is 488 g/mol. The van der Waals surface area contributed by atoms with Crippen molar-refractivity contribution in [1.82, 2.24) is 15.1 Å². The molecule has 6 N–H and O–H groups in total. The Balaban J connectivity index is 1.51. The highest BCUT2D eigenvalue weighted by atomic mass is 32.2. The second-order valence-corrected chi connectivity index (χ2v) is 9.51. The largest absolute Gasteiger partial charge is 0.383 e. The van der Waals surface area contributed by atoms with Crippen LogP contribution >= 0.6 is 11.9 Å². The Labute approximate surface area is 208 Å². The molecule has 0 aliphatic heterocycles. The molecule has 0 bridgehead atoms. The third kappa shape index (κ3) is 5.72. The highest BCUT2D eigenvalue weighted by Gasteiger charge is 2.20. The van der Waals surface area contributed by atoms with Crippen LogP contribution in [0.4, 0.5) is 34.5 Å². The maximum Gasteiger partial charge on any atom is 0.174 e. The molecule has 0 spiro atoms. The number of nitrogen functional groups attached to an aromatic ring is 1. The predicted octanol–water partition coefficient (Wildman–Crippen LogP) is 5.94. The van der Waals surface area contributed by atoms with Gasteiger partial charge < -0.3 is 25.6 Å². The Morgan fingerprint density at radius 2 is 1.57 bits per heavy atom. The van der Waals surface area contributed by atoms with Crippen LogP contribution in [0.5, 0.6) is 0 Å². The van der Waals surface area contributed by atoms with Crippen LogP contribution in [-0.2, 0) is 5.41 Å².